The van der Waals surface area contributed by atoms with Gasteiger partial charge in [-0.3, -0.25) is 28.7 Å². The van der Waals surface area contributed by atoms with Crippen LogP contribution in [0, 0.1) is 61.6 Å². The minimum atomic E-state index is -0.759. The van der Waals surface area contributed by atoms with Gasteiger partial charge in [-0.1, -0.05) is 60.1 Å². The summed E-state index contributed by atoms with van der Waals surface area (Å²) in [5, 5.41) is 10.0. The maximum atomic E-state index is 14.9. The van der Waals surface area contributed by atoms with Crippen molar-refractivity contribution in [3.8, 4) is 17.3 Å². The molecule has 2 aromatic heterocycles. The standard InChI is InChI=1S/C40H47N5O4/c1-35(2)12-14-40(34(49)45-21-26(44-22-45)24-9-8-16-43-31(24)33(42)48)15-13-39(7)30(25(40)19-35)27(46)17-29-37(5)18-23(20-41)32(47)36(3,4)28(37)10-11-38(29,39)6/h8-9,16-18,21-22,25,28,30H,10-15,19H2,1-7H3,(H2,42,48)/t25?,28?,30-,37-,38+,39+,40-/m0/s1. The SMILES string of the molecule is CC1(C)CC[C@]2(C(=O)n3cnc(-c4cccnc4C(N)=O)c3)CC[C@]3(C)[C@H](C(=O)C=C4[C@@]5(C)C=C(C#N)C(=O)C(C)(C)C5CC[C@]43C)C2C1. The highest BCUT2D eigenvalue weighted by molar-refractivity contribution is 6.05. The van der Waals surface area contributed by atoms with Crippen LogP contribution in [0.3, 0.4) is 0 Å². The van der Waals surface area contributed by atoms with Crippen LogP contribution in [0.15, 0.2) is 54.2 Å². The minimum Gasteiger partial charge on any atom is -0.364 e. The number of aromatic nitrogens is 3. The van der Waals surface area contributed by atoms with Crippen molar-refractivity contribution >= 4 is 23.4 Å². The summed E-state index contributed by atoms with van der Waals surface area (Å²) in [5.41, 5.74) is 4.89. The quantitative estimate of drug-likeness (QED) is 0.376. The molecule has 2 N–H and O–H groups in total. The van der Waals surface area contributed by atoms with Crippen molar-refractivity contribution in [1.82, 2.24) is 14.5 Å². The van der Waals surface area contributed by atoms with Crippen molar-refractivity contribution in [2.24, 2.45) is 56.0 Å². The summed E-state index contributed by atoms with van der Waals surface area (Å²) in [6, 6.07) is 5.61. The number of hydrogen-bond donors (Lipinski definition) is 1. The van der Waals surface area contributed by atoms with Crippen LogP contribution in [0.5, 0.6) is 0 Å². The summed E-state index contributed by atoms with van der Waals surface area (Å²) in [5.74, 6) is -1.36. The normalized spacial score (nSPS) is 37.3. The topological polar surface area (TPSA) is 149 Å². The lowest BCUT2D eigenvalue weighted by molar-refractivity contribution is -0.164. The number of nitrogens with two attached hydrogens (primary N) is 1. The number of carbonyl (C=O) groups is 4. The molecule has 7 atom stereocenters. The fraction of sp³-hybridized carbons (Fsp3) is 0.575. The fourth-order valence-electron chi connectivity index (χ4n) is 11.6. The molecule has 3 fully saturated rings. The number of imidazole rings is 1. The Bertz CT molecular complexity index is 1940. The highest BCUT2D eigenvalue weighted by Crippen LogP contribution is 2.74. The molecule has 0 aromatic carbocycles. The smallest absolute Gasteiger partial charge is 0.268 e. The second-order valence-electron chi connectivity index (χ2n) is 17.6. The van der Waals surface area contributed by atoms with Gasteiger partial charge in [-0.05, 0) is 91.2 Å². The van der Waals surface area contributed by atoms with Crippen molar-refractivity contribution in [1.29, 1.82) is 5.26 Å². The number of fused-ring (bicyclic) bond motifs is 7. The summed E-state index contributed by atoms with van der Waals surface area (Å²) in [7, 11) is 0. The first-order valence-electron chi connectivity index (χ1n) is 17.6. The third-order valence-corrected chi connectivity index (χ3v) is 14.4. The van der Waals surface area contributed by atoms with E-state index in [1.165, 1.54) is 12.5 Å². The zero-order valence-corrected chi connectivity index (χ0v) is 29.7. The second-order valence-corrected chi connectivity index (χ2v) is 17.6. The maximum Gasteiger partial charge on any atom is 0.268 e. The van der Waals surface area contributed by atoms with Gasteiger partial charge in [0.15, 0.2) is 11.6 Å². The highest BCUT2D eigenvalue weighted by Gasteiger charge is 2.71. The molecule has 49 heavy (non-hydrogen) atoms. The number of primary amides is 1. The molecular formula is C40H47N5O4. The molecule has 5 aliphatic rings. The predicted molar refractivity (Wildman–Crippen MR) is 184 cm³/mol. The number of carbonyl (C=O) groups excluding carboxylic acids is 4. The molecule has 256 valence electrons. The number of amides is 1. The maximum absolute atomic E-state index is 14.9. The lowest BCUT2D eigenvalue weighted by Gasteiger charge is -2.69. The van der Waals surface area contributed by atoms with Gasteiger partial charge in [0.2, 0.25) is 5.91 Å². The number of rotatable bonds is 3. The third kappa shape index (κ3) is 4.34. The Hall–Kier alpha value is -4.19. The third-order valence-electron chi connectivity index (χ3n) is 14.4. The molecule has 1 amide bonds. The van der Waals surface area contributed by atoms with Gasteiger partial charge in [0, 0.05) is 34.7 Å². The lowest BCUT2D eigenvalue weighted by Crippen LogP contribution is -2.66. The Kier molecular flexibility index (Phi) is 7.08. The molecule has 2 heterocycles. The first kappa shape index (κ1) is 33.3. The van der Waals surface area contributed by atoms with Gasteiger partial charge >= 0.3 is 0 Å². The van der Waals surface area contributed by atoms with E-state index in [0.29, 0.717) is 30.5 Å². The van der Waals surface area contributed by atoms with Crippen molar-refractivity contribution in [3.05, 3.63) is 59.8 Å². The number of Topliss-reactive ketones (excluding diaryl/α,β-unsaturated/α-hetero) is 1. The molecular weight excluding hydrogens is 614 g/mol. The van der Waals surface area contributed by atoms with Crippen molar-refractivity contribution in [3.63, 3.8) is 0 Å². The number of nitriles is 1. The van der Waals surface area contributed by atoms with E-state index in [-0.39, 0.29) is 57.3 Å². The minimum absolute atomic E-state index is 0.0277. The number of hydrogen-bond acceptors (Lipinski definition) is 7. The summed E-state index contributed by atoms with van der Waals surface area (Å²) in [4.78, 5) is 64.0. The Morgan fingerprint density at radius 3 is 2.41 bits per heavy atom. The number of ketones is 2. The van der Waals surface area contributed by atoms with Crippen LogP contribution in [0.2, 0.25) is 0 Å². The average molecular weight is 662 g/mol. The van der Waals surface area contributed by atoms with Gasteiger partial charge in [-0.15, -0.1) is 0 Å². The average Bonchev–Trinajstić information content (AvgIpc) is 3.54. The van der Waals surface area contributed by atoms with Crippen molar-refractivity contribution < 1.29 is 19.2 Å². The Morgan fingerprint density at radius 2 is 1.71 bits per heavy atom. The van der Waals surface area contributed by atoms with E-state index in [1.807, 2.05) is 26.0 Å². The Morgan fingerprint density at radius 1 is 1.00 bits per heavy atom. The molecule has 0 radical (unpaired) electrons. The molecule has 3 saturated carbocycles. The zero-order valence-electron chi connectivity index (χ0n) is 29.7. The number of allylic oxidation sites excluding steroid dienone is 4. The molecule has 0 aliphatic heterocycles. The van der Waals surface area contributed by atoms with Gasteiger partial charge in [0.25, 0.3) is 5.91 Å². The van der Waals surface area contributed by atoms with E-state index in [0.717, 1.165) is 31.3 Å². The van der Waals surface area contributed by atoms with E-state index in [2.05, 4.69) is 50.7 Å². The van der Waals surface area contributed by atoms with Gasteiger partial charge in [0.05, 0.1) is 16.7 Å². The van der Waals surface area contributed by atoms with E-state index in [1.54, 1.807) is 22.9 Å². The second kappa shape index (κ2) is 10.4. The van der Waals surface area contributed by atoms with E-state index < -0.39 is 27.6 Å². The molecule has 9 nitrogen and oxygen atoms in total. The number of pyridine rings is 1. The molecule has 2 aromatic rings. The van der Waals surface area contributed by atoms with Crippen molar-refractivity contribution in [2.45, 2.75) is 93.4 Å². The van der Waals surface area contributed by atoms with Crippen LogP contribution >= 0.6 is 0 Å². The highest BCUT2D eigenvalue weighted by atomic mass is 16.2. The van der Waals surface area contributed by atoms with Gasteiger partial charge in [-0.2, -0.15) is 5.26 Å². The van der Waals surface area contributed by atoms with Crippen LogP contribution in [0.4, 0.5) is 0 Å². The fourth-order valence-corrected chi connectivity index (χ4v) is 11.6. The Labute approximate surface area is 288 Å². The predicted octanol–water partition coefficient (Wildman–Crippen LogP) is 6.90. The summed E-state index contributed by atoms with van der Waals surface area (Å²) in [6.45, 7) is 15.1. The lowest BCUT2D eigenvalue weighted by atomic mass is 9.34. The van der Waals surface area contributed by atoms with E-state index >= 15 is 0 Å². The Balaban J connectivity index is 1.33. The van der Waals surface area contributed by atoms with Crippen molar-refractivity contribution in [2.75, 3.05) is 0 Å². The van der Waals surface area contributed by atoms with Crippen LogP contribution in [-0.2, 0) is 9.59 Å². The summed E-state index contributed by atoms with van der Waals surface area (Å²) in [6.07, 6.45) is 13.7. The van der Waals surface area contributed by atoms with Gasteiger partial charge in [0.1, 0.15) is 18.1 Å². The largest absolute Gasteiger partial charge is 0.364 e. The molecule has 0 bridgehead atoms. The first-order valence-corrected chi connectivity index (χ1v) is 17.6. The first-order chi connectivity index (χ1) is 22.9. The molecule has 9 heteroatoms. The van der Waals surface area contributed by atoms with Crippen LogP contribution in [-0.4, -0.2) is 37.9 Å². The van der Waals surface area contributed by atoms with Gasteiger partial charge in [-0.25, -0.2) is 4.98 Å². The van der Waals surface area contributed by atoms with Crippen LogP contribution in [0.25, 0.3) is 11.3 Å². The molecule has 0 spiro atoms. The van der Waals surface area contributed by atoms with E-state index in [4.69, 9.17) is 5.73 Å². The molecule has 0 saturated heterocycles. The van der Waals surface area contributed by atoms with Crippen LogP contribution in [0.1, 0.15) is 109 Å². The summed E-state index contributed by atoms with van der Waals surface area (Å²) < 4.78 is 1.55. The zero-order chi connectivity index (χ0) is 35.5. The monoisotopic (exact) mass is 661 g/mol. The van der Waals surface area contributed by atoms with Crippen LogP contribution < -0.4 is 5.73 Å². The molecule has 7 rings (SSSR count). The van der Waals surface area contributed by atoms with Gasteiger partial charge < -0.3 is 5.73 Å². The molecule has 5 aliphatic carbocycles. The van der Waals surface area contributed by atoms with E-state index in [9.17, 15) is 24.4 Å². The number of nitrogens with zero attached hydrogens (tertiary/aromatic N) is 4. The molecule has 2 unspecified atom stereocenters. The summed E-state index contributed by atoms with van der Waals surface area (Å²) >= 11 is 0.